The molecule has 0 aliphatic carbocycles. The molecule has 0 N–H and O–H groups in total. The lowest BCUT2D eigenvalue weighted by molar-refractivity contribution is -0.137. The number of amides is 2. The average Bonchev–Trinajstić information content (AvgIpc) is 3.00. The number of carbonyl (C=O) groups excluding carboxylic acids is 2. The third-order valence-corrected chi connectivity index (χ3v) is 5.84. The Morgan fingerprint density at radius 3 is 2.20 bits per heavy atom. The number of hydrogen-bond acceptors (Lipinski definition) is 4. The predicted molar refractivity (Wildman–Crippen MR) is 114 cm³/mol. The second-order valence-corrected chi connectivity index (χ2v) is 7.72. The van der Waals surface area contributed by atoms with Crippen LogP contribution < -0.4 is 4.74 Å². The summed E-state index contributed by atoms with van der Waals surface area (Å²) in [5.41, 5.74) is 1.22. The highest BCUT2D eigenvalue weighted by Crippen LogP contribution is 2.40. The summed E-state index contributed by atoms with van der Waals surface area (Å²) in [6.45, 7) is -0.122. The number of benzene rings is 3. The molecule has 0 saturated carbocycles. The van der Waals surface area contributed by atoms with E-state index in [4.69, 9.17) is 4.74 Å². The lowest BCUT2D eigenvalue weighted by Gasteiger charge is -2.15. The Kier molecular flexibility index (Phi) is 5.68. The van der Waals surface area contributed by atoms with Crippen molar-refractivity contribution < 1.29 is 18.7 Å². The van der Waals surface area contributed by atoms with E-state index in [2.05, 4.69) is 0 Å². The maximum atomic E-state index is 14.2. The molecular formula is C24H18FNO3S. The van der Waals surface area contributed by atoms with Crippen LogP contribution in [-0.4, -0.2) is 23.8 Å². The van der Waals surface area contributed by atoms with Gasteiger partial charge < -0.3 is 4.74 Å². The largest absolute Gasteiger partial charge is 0.497 e. The fourth-order valence-corrected chi connectivity index (χ4v) is 4.24. The van der Waals surface area contributed by atoms with Crippen molar-refractivity contribution in [2.45, 2.75) is 11.4 Å². The van der Waals surface area contributed by atoms with E-state index in [1.165, 1.54) is 17.8 Å². The molecule has 0 fully saturated rings. The number of imide groups is 1. The summed E-state index contributed by atoms with van der Waals surface area (Å²) in [7, 11) is 1.56. The van der Waals surface area contributed by atoms with Crippen LogP contribution in [0, 0.1) is 5.82 Å². The van der Waals surface area contributed by atoms with E-state index in [9.17, 15) is 14.0 Å². The van der Waals surface area contributed by atoms with E-state index >= 15 is 0 Å². The highest BCUT2D eigenvalue weighted by Gasteiger charge is 2.39. The average molecular weight is 419 g/mol. The fourth-order valence-electron chi connectivity index (χ4n) is 3.21. The molecular weight excluding hydrogens is 401 g/mol. The number of nitrogens with zero attached hydrogens (tertiary/aromatic N) is 1. The molecule has 0 atom stereocenters. The van der Waals surface area contributed by atoms with Crippen molar-refractivity contribution in [3.8, 4) is 5.75 Å². The Morgan fingerprint density at radius 1 is 0.867 bits per heavy atom. The third-order valence-electron chi connectivity index (χ3n) is 4.75. The third kappa shape index (κ3) is 3.86. The minimum Gasteiger partial charge on any atom is -0.497 e. The highest BCUT2D eigenvalue weighted by molar-refractivity contribution is 8.04. The summed E-state index contributed by atoms with van der Waals surface area (Å²) >= 11 is 1.24. The lowest BCUT2D eigenvalue weighted by Crippen LogP contribution is -2.31. The van der Waals surface area contributed by atoms with E-state index in [1.54, 1.807) is 49.6 Å². The van der Waals surface area contributed by atoms with Gasteiger partial charge in [-0.3, -0.25) is 14.5 Å². The van der Waals surface area contributed by atoms with Crippen LogP contribution in [0.3, 0.4) is 0 Å². The van der Waals surface area contributed by atoms with E-state index in [0.717, 1.165) is 9.80 Å². The van der Waals surface area contributed by atoms with Crippen molar-refractivity contribution in [3.63, 3.8) is 0 Å². The standard InChI is InChI=1S/C24H18FNO3S/c1-29-18-13-11-16(12-14-18)21-22(30-19-8-3-2-4-9-19)24(28)26(23(21)27)15-17-7-5-6-10-20(17)25/h2-14H,15H2,1H3. The molecule has 150 valence electrons. The second-order valence-electron chi connectivity index (χ2n) is 6.64. The number of halogens is 1. The van der Waals surface area contributed by atoms with E-state index in [0.29, 0.717) is 27.4 Å². The summed E-state index contributed by atoms with van der Waals surface area (Å²) in [6.07, 6.45) is 0. The molecule has 3 aromatic carbocycles. The van der Waals surface area contributed by atoms with Crippen LogP contribution in [0.25, 0.3) is 5.57 Å². The minimum atomic E-state index is -0.451. The minimum absolute atomic E-state index is 0.122. The van der Waals surface area contributed by atoms with Crippen LogP contribution in [-0.2, 0) is 16.1 Å². The first-order valence-electron chi connectivity index (χ1n) is 9.29. The van der Waals surface area contributed by atoms with Crippen molar-refractivity contribution in [2.24, 2.45) is 0 Å². The molecule has 0 radical (unpaired) electrons. The maximum absolute atomic E-state index is 14.2. The summed E-state index contributed by atoms with van der Waals surface area (Å²) < 4.78 is 19.4. The number of methoxy groups -OCH3 is 1. The summed E-state index contributed by atoms with van der Waals surface area (Å²) in [4.78, 5) is 28.8. The molecule has 1 heterocycles. The predicted octanol–water partition coefficient (Wildman–Crippen LogP) is 4.91. The first-order valence-corrected chi connectivity index (χ1v) is 10.1. The molecule has 1 aliphatic rings. The zero-order valence-electron chi connectivity index (χ0n) is 16.2. The van der Waals surface area contributed by atoms with Gasteiger partial charge in [0, 0.05) is 10.5 Å². The Hall–Kier alpha value is -3.38. The number of hydrogen-bond donors (Lipinski definition) is 0. The maximum Gasteiger partial charge on any atom is 0.268 e. The topological polar surface area (TPSA) is 46.6 Å². The van der Waals surface area contributed by atoms with Gasteiger partial charge in [0.25, 0.3) is 11.8 Å². The molecule has 0 aromatic heterocycles. The number of ether oxygens (including phenoxy) is 1. The molecule has 0 spiro atoms. The zero-order valence-corrected chi connectivity index (χ0v) is 17.0. The number of carbonyl (C=O) groups is 2. The van der Waals surface area contributed by atoms with Crippen molar-refractivity contribution in [3.05, 3.63) is 101 Å². The first kappa shape index (κ1) is 19.9. The molecule has 2 amide bonds. The Balaban J connectivity index is 1.74. The second kappa shape index (κ2) is 8.55. The van der Waals surface area contributed by atoms with E-state index in [1.807, 2.05) is 30.3 Å². The molecule has 30 heavy (non-hydrogen) atoms. The van der Waals surface area contributed by atoms with Crippen LogP contribution in [0.2, 0.25) is 0 Å². The van der Waals surface area contributed by atoms with Gasteiger partial charge in [0.1, 0.15) is 11.6 Å². The van der Waals surface area contributed by atoms with Gasteiger partial charge in [0.2, 0.25) is 0 Å². The Morgan fingerprint density at radius 2 is 1.53 bits per heavy atom. The van der Waals surface area contributed by atoms with Gasteiger partial charge in [-0.25, -0.2) is 4.39 Å². The van der Waals surface area contributed by atoms with Crippen LogP contribution in [0.15, 0.2) is 88.7 Å². The van der Waals surface area contributed by atoms with Crippen molar-refractivity contribution >= 4 is 29.1 Å². The smallest absolute Gasteiger partial charge is 0.268 e. The summed E-state index contributed by atoms with van der Waals surface area (Å²) in [5, 5.41) is 0. The highest BCUT2D eigenvalue weighted by atomic mass is 32.2. The van der Waals surface area contributed by atoms with Gasteiger partial charge in [-0.05, 0) is 35.9 Å². The first-order chi connectivity index (χ1) is 14.6. The van der Waals surface area contributed by atoms with Gasteiger partial charge in [-0.15, -0.1) is 0 Å². The van der Waals surface area contributed by atoms with E-state index in [-0.39, 0.29) is 6.54 Å². The zero-order chi connectivity index (χ0) is 21.1. The Labute approximate surface area is 178 Å². The number of rotatable bonds is 6. The molecule has 4 rings (SSSR count). The number of thioether (sulfide) groups is 1. The Bertz CT molecular complexity index is 1130. The van der Waals surface area contributed by atoms with Crippen LogP contribution in [0.4, 0.5) is 4.39 Å². The summed E-state index contributed by atoms with van der Waals surface area (Å²) in [6, 6.07) is 22.5. The molecule has 3 aromatic rings. The summed E-state index contributed by atoms with van der Waals surface area (Å²) in [5.74, 6) is -0.667. The van der Waals surface area contributed by atoms with Gasteiger partial charge >= 0.3 is 0 Å². The molecule has 0 bridgehead atoms. The molecule has 4 nitrogen and oxygen atoms in total. The fraction of sp³-hybridized carbons (Fsp3) is 0.0833. The van der Waals surface area contributed by atoms with Gasteiger partial charge in [-0.1, -0.05) is 60.3 Å². The molecule has 6 heteroatoms. The van der Waals surface area contributed by atoms with Crippen LogP contribution >= 0.6 is 11.8 Å². The van der Waals surface area contributed by atoms with Crippen molar-refractivity contribution in [2.75, 3.05) is 7.11 Å². The SMILES string of the molecule is COc1ccc(C2=C(Sc3ccccc3)C(=O)N(Cc3ccccc3F)C2=O)cc1. The van der Waals surface area contributed by atoms with Crippen molar-refractivity contribution in [1.82, 2.24) is 4.90 Å². The van der Waals surface area contributed by atoms with Crippen molar-refractivity contribution in [1.29, 1.82) is 0 Å². The molecule has 0 saturated heterocycles. The van der Waals surface area contributed by atoms with Crippen LogP contribution in [0.1, 0.15) is 11.1 Å². The monoisotopic (exact) mass is 419 g/mol. The lowest BCUT2D eigenvalue weighted by atomic mass is 10.1. The van der Waals surface area contributed by atoms with Gasteiger partial charge in [-0.2, -0.15) is 0 Å². The molecule has 0 unspecified atom stereocenters. The molecule has 1 aliphatic heterocycles. The van der Waals surface area contributed by atoms with E-state index < -0.39 is 17.6 Å². The van der Waals surface area contributed by atoms with Crippen LogP contribution in [0.5, 0.6) is 5.75 Å². The normalized spacial score (nSPS) is 13.9. The van der Waals surface area contributed by atoms with Gasteiger partial charge in [0.15, 0.2) is 0 Å². The quantitative estimate of drug-likeness (QED) is 0.533. The van der Waals surface area contributed by atoms with Gasteiger partial charge in [0.05, 0.1) is 24.1 Å².